The van der Waals surface area contributed by atoms with Crippen molar-refractivity contribution in [3.8, 4) is 0 Å². The molecule has 0 saturated carbocycles. The monoisotopic (exact) mass is 407 g/mol. The summed E-state index contributed by atoms with van der Waals surface area (Å²) < 4.78 is 1.08. The molecular formula is C19H22BrNO2S. The van der Waals surface area contributed by atoms with Crippen molar-refractivity contribution in [3.63, 3.8) is 0 Å². The number of benzene rings is 1. The molecule has 0 spiro atoms. The molecule has 3 nitrogen and oxygen atoms in total. The van der Waals surface area contributed by atoms with E-state index in [1.165, 1.54) is 21.6 Å². The van der Waals surface area contributed by atoms with Gasteiger partial charge in [-0.25, -0.2) is 0 Å². The highest BCUT2D eigenvalue weighted by atomic mass is 79.9. The van der Waals surface area contributed by atoms with Crippen molar-refractivity contribution >= 4 is 33.2 Å². The average Bonchev–Trinajstić information content (AvgIpc) is 2.97. The van der Waals surface area contributed by atoms with Gasteiger partial charge in [-0.05, 0) is 72.4 Å². The van der Waals surface area contributed by atoms with E-state index in [0.29, 0.717) is 0 Å². The lowest BCUT2D eigenvalue weighted by atomic mass is 9.92. The second-order valence-corrected chi connectivity index (χ2v) is 8.99. The number of thiophene rings is 1. The maximum absolute atomic E-state index is 11.8. The average molecular weight is 408 g/mol. The number of halogens is 1. The van der Waals surface area contributed by atoms with E-state index in [1.54, 1.807) is 11.3 Å². The minimum Gasteiger partial charge on any atom is -0.480 e. The Bertz CT molecular complexity index is 743. The highest BCUT2D eigenvalue weighted by Gasteiger charge is 2.36. The molecule has 128 valence electrons. The van der Waals surface area contributed by atoms with E-state index in [9.17, 15) is 9.90 Å². The fourth-order valence-electron chi connectivity index (χ4n) is 3.55. The fourth-order valence-corrected chi connectivity index (χ4v) is 5.12. The third-order valence-electron chi connectivity index (χ3n) is 4.75. The Hall–Kier alpha value is -1.17. The summed E-state index contributed by atoms with van der Waals surface area (Å²) in [6, 6.07) is 10.2. The van der Waals surface area contributed by atoms with E-state index in [2.05, 4.69) is 65.0 Å². The Kier molecular flexibility index (Phi) is 5.42. The van der Waals surface area contributed by atoms with Gasteiger partial charge in [0.05, 0.1) is 9.83 Å². The summed E-state index contributed by atoms with van der Waals surface area (Å²) in [4.78, 5) is 15.2. The molecule has 24 heavy (non-hydrogen) atoms. The molecule has 0 aliphatic carbocycles. The van der Waals surface area contributed by atoms with Crippen LogP contribution in [-0.4, -0.2) is 28.6 Å². The Balaban J connectivity index is 2.11. The first-order valence-corrected chi connectivity index (χ1v) is 9.89. The van der Waals surface area contributed by atoms with Crippen LogP contribution in [0.2, 0.25) is 0 Å². The normalized spacial score (nSPS) is 20.0. The number of carbonyl (C=O) groups is 1. The van der Waals surface area contributed by atoms with Crippen LogP contribution in [0, 0.1) is 13.8 Å². The van der Waals surface area contributed by atoms with Crippen molar-refractivity contribution in [1.82, 2.24) is 4.90 Å². The van der Waals surface area contributed by atoms with Crippen LogP contribution in [0.3, 0.4) is 0 Å². The molecule has 1 aliphatic rings. The number of nitrogens with zero attached hydrogens (tertiary/aromatic N) is 1. The summed E-state index contributed by atoms with van der Waals surface area (Å²) >= 11 is 5.25. The molecule has 0 radical (unpaired) electrons. The smallest absolute Gasteiger partial charge is 0.320 e. The first-order chi connectivity index (χ1) is 11.5. The van der Waals surface area contributed by atoms with Crippen LogP contribution >= 0.6 is 27.3 Å². The first-order valence-electron chi connectivity index (χ1n) is 8.28. The Labute approximate surface area is 155 Å². The fraction of sp³-hybridized carbons (Fsp3) is 0.421. The minimum atomic E-state index is -0.708. The maximum Gasteiger partial charge on any atom is 0.320 e. The number of rotatable bonds is 4. The highest BCUT2D eigenvalue weighted by molar-refractivity contribution is 9.11. The lowest BCUT2D eigenvalue weighted by Crippen LogP contribution is -2.46. The predicted molar refractivity (Wildman–Crippen MR) is 102 cm³/mol. The van der Waals surface area contributed by atoms with Gasteiger partial charge >= 0.3 is 5.97 Å². The summed E-state index contributed by atoms with van der Waals surface area (Å²) in [5.74, 6) is -0.708. The van der Waals surface area contributed by atoms with Crippen LogP contribution in [0.15, 0.2) is 34.1 Å². The SMILES string of the molecule is Cc1ccc(C)c(C(c2ccc(Br)s2)N2CCCCC2C(=O)O)c1. The standard InChI is InChI=1S/C19H22BrNO2S/c1-12-6-7-13(2)14(11-12)18(16-8-9-17(20)24-16)21-10-4-3-5-15(21)19(22)23/h6-9,11,15,18H,3-5,10H2,1-2H3,(H,22,23). The summed E-state index contributed by atoms with van der Waals surface area (Å²) in [5, 5.41) is 9.73. The van der Waals surface area contributed by atoms with Crippen molar-refractivity contribution in [3.05, 3.63) is 55.7 Å². The van der Waals surface area contributed by atoms with Gasteiger partial charge in [0.25, 0.3) is 0 Å². The zero-order valence-corrected chi connectivity index (χ0v) is 16.4. The van der Waals surface area contributed by atoms with Gasteiger partial charge in [-0.1, -0.05) is 30.2 Å². The lowest BCUT2D eigenvalue weighted by molar-refractivity contribution is -0.145. The number of piperidine rings is 1. The van der Waals surface area contributed by atoms with Crippen LogP contribution in [0.5, 0.6) is 0 Å². The molecule has 2 aromatic rings. The Morgan fingerprint density at radius 2 is 2.08 bits per heavy atom. The second-order valence-electron chi connectivity index (χ2n) is 6.49. The van der Waals surface area contributed by atoms with Gasteiger partial charge in [0.1, 0.15) is 6.04 Å². The molecule has 5 heteroatoms. The Morgan fingerprint density at radius 1 is 1.29 bits per heavy atom. The minimum absolute atomic E-state index is 0.00241. The summed E-state index contributed by atoms with van der Waals surface area (Å²) in [7, 11) is 0. The molecule has 1 aromatic carbocycles. The third kappa shape index (κ3) is 3.58. The van der Waals surface area contributed by atoms with Gasteiger partial charge in [-0.15, -0.1) is 11.3 Å². The molecule has 3 rings (SSSR count). The van der Waals surface area contributed by atoms with E-state index in [0.717, 1.165) is 29.6 Å². The van der Waals surface area contributed by atoms with Crippen LogP contribution in [0.1, 0.15) is 46.9 Å². The van der Waals surface area contributed by atoms with Crippen LogP contribution < -0.4 is 0 Å². The van der Waals surface area contributed by atoms with E-state index >= 15 is 0 Å². The van der Waals surface area contributed by atoms with E-state index in [4.69, 9.17) is 0 Å². The number of carboxylic acid groups (broad SMARTS) is 1. The molecule has 2 atom stereocenters. The quantitative estimate of drug-likeness (QED) is 0.760. The molecule has 2 unspecified atom stereocenters. The third-order valence-corrected chi connectivity index (χ3v) is 6.43. The predicted octanol–water partition coefficient (Wildman–Crippen LogP) is 5.16. The molecule has 0 bridgehead atoms. The van der Waals surface area contributed by atoms with E-state index < -0.39 is 12.0 Å². The van der Waals surface area contributed by atoms with E-state index in [-0.39, 0.29) is 6.04 Å². The van der Waals surface area contributed by atoms with Crippen molar-refractivity contribution in [2.45, 2.75) is 45.2 Å². The Morgan fingerprint density at radius 3 is 2.75 bits per heavy atom. The van der Waals surface area contributed by atoms with Gasteiger partial charge in [-0.3, -0.25) is 9.69 Å². The molecule has 1 aromatic heterocycles. The molecule has 1 aliphatic heterocycles. The van der Waals surface area contributed by atoms with Gasteiger partial charge in [0.15, 0.2) is 0 Å². The zero-order chi connectivity index (χ0) is 17.3. The van der Waals surface area contributed by atoms with E-state index in [1.807, 2.05) is 0 Å². The highest BCUT2D eigenvalue weighted by Crippen LogP contribution is 2.40. The van der Waals surface area contributed by atoms with Crippen molar-refractivity contribution in [2.75, 3.05) is 6.54 Å². The van der Waals surface area contributed by atoms with Crippen LogP contribution in [0.25, 0.3) is 0 Å². The zero-order valence-electron chi connectivity index (χ0n) is 14.0. The molecular weight excluding hydrogens is 386 g/mol. The number of aliphatic carboxylic acids is 1. The second kappa shape index (κ2) is 7.38. The van der Waals surface area contributed by atoms with Crippen molar-refractivity contribution in [2.24, 2.45) is 0 Å². The van der Waals surface area contributed by atoms with Gasteiger partial charge in [-0.2, -0.15) is 0 Å². The topological polar surface area (TPSA) is 40.5 Å². The van der Waals surface area contributed by atoms with Crippen molar-refractivity contribution in [1.29, 1.82) is 0 Å². The number of likely N-dealkylation sites (tertiary alicyclic amines) is 1. The van der Waals surface area contributed by atoms with Gasteiger partial charge < -0.3 is 5.11 Å². The lowest BCUT2D eigenvalue weighted by Gasteiger charge is -2.39. The molecule has 1 N–H and O–H groups in total. The molecule has 0 amide bonds. The summed E-state index contributed by atoms with van der Waals surface area (Å²) in [6.07, 6.45) is 2.77. The molecule has 2 heterocycles. The van der Waals surface area contributed by atoms with Crippen molar-refractivity contribution < 1.29 is 9.90 Å². The maximum atomic E-state index is 11.8. The number of carboxylic acids is 1. The van der Waals surface area contributed by atoms with Gasteiger partial charge in [0, 0.05) is 4.88 Å². The molecule has 1 fully saturated rings. The summed E-state index contributed by atoms with van der Waals surface area (Å²) in [6.45, 7) is 5.03. The molecule has 1 saturated heterocycles. The van der Waals surface area contributed by atoms with Crippen LogP contribution in [0.4, 0.5) is 0 Å². The number of hydrogen-bond donors (Lipinski definition) is 1. The number of hydrogen-bond acceptors (Lipinski definition) is 3. The summed E-state index contributed by atoms with van der Waals surface area (Å²) in [5.41, 5.74) is 3.64. The largest absolute Gasteiger partial charge is 0.480 e. The first kappa shape index (κ1) is 17.6. The van der Waals surface area contributed by atoms with Crippen LogP contribution in [-0.2, 0) is 4.79 Å². The van der Waals surface area contributed by atoms with Gasteiger partial charge in [0.2, 0.25) is 0 Å². The number of aryl methyl sites for hydroxylation is 2.